The Labute approximate surface area is 115 Å². The quantitative estimate of drug-likeness (QED) is 0.621. The zero-order chi connectivity index (χ0) is 12.1. The van der Waals surface area contributed by atoms with Crippen molar-refractivity contribution in [2.24, 2.45) is 0 Å². The van der Waals surface area contributed by atoms with Gasteiger partial charge in [0.1, 0.15) is 6.61 Å². The normalized spacial score (nSPS) is 17.0. The molecule has 0 atom stereocenters. The summed E-state index contributed by atoms with van der Waals surface area (Å²) in [6, 6.07) is 7.55. The van der Waals surface area contributed by atoms with Crippen LogP contribution in [0.25, 0.3) is 0 Å². The van der Waals surface area contributed by atoms with Gasteiger partial charge in [0.2, 0.25) is 0 Å². The number of rotatable bonds is 4. The maximum absolute atomic E-state index is 11.8. The molecule has 3 nitrogen and oxygen atoms in total. The van der Waals surface area contributed by atoms with E-state index < -0.39 is 0 Å². The van der Waals surface area contributed by atoms with Gasteiger partial charge in [-0.25, -0.2) is 0 Å². The van der Waals surface area contributed by atoms with Crippen molar-refractivity contribution in [1.82, 2.24) is 0 Å². The maximum atomic E-state index is 11.8. The minimum Gasteiger partial charge on any atom is -0.381 e. The fourth-order valence-corrected chi connectivity index (χ4v) is 2.11. The highest BCUT2D eigenvalue weighted by Gasteiger charge is 2.16. The first-order chi connectivity index (χ1) is 8.25. The zero-order valence-electron chi connectivity index (χ0n) is 9.52. The van der Waals surface area contributed by atoms with Gasteiger partial charge in [-0.2, -0.15) is 0 Å². The highest BCUT2D eigenvalue weighted by Crippen LogP contribution is 2.12. The fraction of sp³-hybridized carbons (Fsp3) is 0.462. The van der Waals surface area contributed by atoms with E-state index in [0.29, 0.717) is 0 Å². The molecule has 0 N–H and O–H groups in total. The Morgan fingerprint density at radius 3 is 2.59 bits per heavy atom. The number of hydrogen-bond donors (Lipinski definition) is 0. The van der Waals surface area contributed by atoms with Crippen LogP contribution in [0.15, 0.2) is 24.3 Å². The number of Topliss-reactive ketones (excluding diaryl/α,β-unsaturated/α-hetero) is 1. The monoisotopic (exact) mass is 346 g/mol. The predicted octanol–water partition coefficient (Wildman–Crippen LogP) is 2.67. The molecular formula is C13H15IO3. The van der Waals surface area contributed by atoms with E-state index in [2.05, 4.69) is 22.6 Å². The number of ether oxygens (including phenoxy) is 2. The molecule has 4 heteroatoms. The van der Waals surface area contributed by atoms with Crippen LogP contribution in [0.5, 0.6) is 0 Å². The average molecular weight is 346 g/mol. The second kappa shape index (κ2) is 6.47. The third kappa shape index (κ3) is 4.04. The van der Waals surface area contributed by atoms with Crippen LogP contribution >= 0.6 is 22.6 Å². The number of ketones is 1. The third-order valence-electron chi connectivity index (χ3n) is 2.78. The lowest BCUT2D eigenvalue weighted by molar-refractivity contribution is -0.0262. The Hall–Kier alpha value is -0.460. The lowest BCUT2D eigenvalue weighted by atomic mass is 10.1. The lowest BCUT2D eigenvalue weighted by Crippen LogP contribution is -2.25. The van der Waals surface area contributed by atoms with E-state index in [1.807, 2.05) is 24.3 Å². The first-order valence-corrected chi connectivity index (χ1v) is 6.82. The van der Waals surface area contributed by atoms with Gasteiger partial charge in [-0.05, 0) is 47.6 Å². The molecule has 0 aromatic heterocycles. The van der Waals surface area contributed by atoms with E-state index in [1.54, 1.807) is 0 Å². The van der Waals surface area contributed by atoms with Crippen LogP contribution in [0.2, 0.25) is 0 Å². The molecule has 2 rings (SSSR count). The predicted molar refractivity (Wildman–Crippen MR) is 73.3 cm³/mol. The first kappa shape index (κ1) is 13.0. The molecule has 92 valence electrons. The number of benzene rings is 1. The molecule has 0 radical (unpaired) electrons. The number of carbonyl (C=O) groups excluding carboxylic acids is 1. The van der Waals surface area contributed by atoms with Crippen molar-refractivity contribution in [2.45, 2.75) is 18.9 Å². The zero-order valence-corrected chi connectivity index (χ0v) is 11.7. The SMILES string of the molecule is O=C(COC1CCOCC1)c1ccc(I)cc1. The molecule has 1 heterocycles. The highest BCUT2D eigenvalue weighted by atomic mass is 127. The van der Waals surface area contributed by atoms with Crippen molar-refractivity contribution in [3.8, 4) is 0 Å². The Balaban J connectivity index is 1.82. The van der Waals surface area contributed by atoms with Gasteiger partial charge >= 0.3 is 0 Å². The van der Waals surface area contributed by atoms with E-state index in [9.17, 15) is 4.79 Å². The van der Waals surface area contributed by atoms with Crippen LogP contribution in [0, 0.1) is 3.57 Å². The molecule has 0 bridgehead atoms. The van der Waals surface area contributed by atoms with Crippen LogP contribution in [-0.2, 0) is 9.47 Å². The van der Waals surface area contributed by atoms with Gasteiger partial charge in [-0.1, -0.05) is 12.1 Å². The molecule has 0 saturated carbocycles. The largest absolute Gasteiger partial charge is 0.381 e. The van der Waals surface area contributed by atoms with Gasteiger partial charge < -0.3 is 9.47 Å². The van der Waals surface area contributed by atoms with Crippen molar-refractivity contribution < 1.29 is 14.3 Å². The summed E-state index contributed by atoms with van der Waals surface area (Å²) in [5.74, 6) is 0.0490. The lowest BCUT2D eigenvalue weighted by Gasteiger charge is -2.21. The molecule has 0 aliphatic carbocycles. The van der Waals surface area contributed by atoms with Gasteiger partial charge in [-0.3, -0.25) is 4.79 Å². The summed E-state index contributed by atoms with van der Waals surface area (Å²) in [5.41, 5.74) is 0.720. The molecule has 17 heavy (non-hydrogen) atoms. The summed E-state index contributed by atoms with van der Waals surface area (Å²) in [6.45, 7) is 1.65. The molecule has 1 aliphatic heterocycles. The summed E-state index contributed by atoms with van der Waals surface area (Å²) in [7, 11) is 0. The topological polar surface area (TPSA) is 35.5 Å². The molecule has 0 unspecified atom stereocenters. The smallest absolute Gasteiger partial charge is 0.188 e. The third-order valence-corrected chi connectivity index (χ3v) is 3.50. The van der Waals surface area contributed by atoms with Crippen molar-refractivity contribution >= 4 is 28.4 Å². The van der Waals surface area contributed by atoms with Crippen molar-refractivity contribution in [1.29, 1.82) is 0 Å². The van der Waals surface area contributed by atoms with E-state index >= 15 is 0 Å². The minimum atomic E-state index is 0.0490. The average Bonchev–Trinajstić information content (AvgIpc) is 2.38. The minimum absolute atomic E-state index is 0.0490. The van der Waals surface area contributed by atoms with Gasteiger partial charge in [0, 0.05) is 22.3 Å². The summed E-state index contributed by atoms with van der Waals surface area (Å²) in [4.78, 5) is 11.8. The second-order valence-electron chi connectivity index (χ2n) is 4.05. The van der Waals surface area contributed by atoms with Crippen LogP contribution in [0.3, 0.4) is 0 Å². The second-order valence-corrected chi connectivity index (χ2v) is 5.30. The first-order valence-electron chi connectivity index (χ1n) is 5.74. The Morgan fingerprint density at radius 2 is 1.94 bits per heavy atom. The standard InChI is InChI=1S/C13H15IO3/c14-11-3-1-10(2-4-11)13(15)9-17-12-5-7-16-8-6-12/h1-4,12H,5-9H2. The Bertz CT molecular complexity index is 369. The maximum Gasteiger partial charge on any atom is 0.188 e. The van der Waals surface area contributed by atoms with E-state index in [-0.39, 0.29) is 18.5 Å². The van der Waals surface area contributed by atoms with Crippen molar-refractivity contribution in [3.63, 3.8) is 0 Å². The van der Waals surface area contributed by atoms with Crippen molar-refractivity contribution in [2.75, 3.05) is 19.8 Å². The van der Waals surface area contributed by atoms with E-state index in [1.165, 1.54) is 0 Å². The number of halogens is 1. The van der Waals surface area contributed by atoms with Crippen molar-refractivity contribution in [3.05, 3.63) is 33.4 Å². The van der Waals surface area contributed by atoms with E-state index in [4.69, 9.17) is 9.47 Å². The fourth-order valence-electron chi connectivity index (χ4n) is 1.76. The summed E-state index contributed by atoms with van der Waals surface area (Å²) in [6.07, 6.45) is 1.96. The molecule has 1 fully saturated rings. The van der Waals surface area contributed by atoms with Gasteiger partial charge in [0.15, 0.2) is 5.78 Å². The Kier molecular flexibility index (Phi) is 4.94. The molecule has 0 amide bonds. The number of hydrogen-bond acceptors (Lipinski definition) is 3. The van der Waals surface area contributed by atoms with Crippen LogP contribution in [0.4, 0.5) is 0 Å². The Morgan fingerprint density at radius 1 is 1.29 bits per heavy atom. The number of carbonyl (C=O) groups is 1. The highest BCUT2D eigenvalue weighted by molar-refractivity contribution is 14.1. The van der Waals surface area contributed by atoms with Gasteiger partial charge in [-0.15, -0.1) is 0 Å². The van der Waals surface area contributed by atoms with E-state index in [0.717, 1.165) is 35.2 Å². The van der Waals surface area contributed by atoms with Gasteiger partial charge in [0.25, 0.3) is 0 Å². The van der Waals surface area contributed by atoms with Crippen LogP contribution in [0.1, 0.15) is 23.2 Å². The van der Waals surface area contributed by atoms with Gasteiger partial charge in [0.05, 0.1) is 6.10 Å². The molecule has 1 aliphatic rings. The molecule has 0 spiro atoms. The molecular weight excluding hydrogens is 331 g/mol. The van der Waals surface area contributed by atoms with Crippen LogP contribution in [-0.4, -0.2) is 31.7 Å². The molecule has 1 aromatic rings. The summed E-state index contributed by atoms with van der Waals surface area (Å²) in [5, 5.41) is 0. The van der Waals surface area contributed by atoms with Crippen LogP contribution < -0.4 is 0 Å². The summed E-state index contributed by atoms with van der Waals surface area (Å²) < 4.78 is 12.0. The molecule has 1 aromatic carbocycles. The summed E-state index contributed by atoms with van der Waals surface area (Å²) >= 11 is 2.22. The molecule has 1 saturated heterocycles.